The summed E-state index contributed by atoms with van der Waals surface area (Å²) in [6, 6.07) is 12.9. The first kappa shape index (κ1) is 18.7. The second-order valence-electron chi connectivity index (χ2n) is 5.70. The molecular formula is C20H16N4O4. The molecular weight excluding hydrogens is 360 g/mol. The highest BCUT2D eigenvalue weighted by atomic mass is 16.5. The lowest BCUT2D eigenvalue weighted by Crippen LogP contribution is -2.15. The molecule has 0 atom stereocenters. The lowest BCUT2D eigenvalue weighted by molar-refractivity contribution is -0.131. The maximum Gasteiger partial charge on any atom is 0.308 e. The quantitative estimate of drug-likeness (QED) is 0.523. The van der Waals surface area contributed by atoms with Crippen molar-refractivity contribution in [3.05, 3.63) is 78.4 Å². The molecule has 2 aromatic carbocycles. The molecule has 3 aromatic rings. The summed E-state index contributed by atoms with van der Waals surface area (Å²) in [4.78, 5) is 43.4. The van der Waals surface area contributed by atoms with Crippen LogP contribution in [0.2, 0.25) is 0 Å². The second kappa shape index (κ2) is 8.54. The van der Waals surface area contributed by atoms with Crippen molar-refractivity contribution >= 4 is 29.2 Å². The van der Waals surface area contributed by atoms with Gasteiger partial charge in [-0.1, -0.05) is 12.1 Å². The van der Waals surface area contributed by atoms with Gasteiger partial charge in [-0.2, -0.15) is 0 Å². The van der Waals surface area contributed by atoms with Gasteiger partial charge in [-0.05, 0) is 36.4 Å². The smallest absolute Gasteiger partial charge is 0.308 e. The van der Waals surface area contributed by atoms with Gasteiger partial charge < -0.3 is 15.4 Å². The Morgan fingerprint density at radius 3 is 2.29 bits per heavy atom. The van der Waals surface area contributed by atoms with Crippen LogP contribution < -0.4 is 15.4 Å². The molecule has 8 nitrogen and oxygen atoms in total. The number of hydrogen-bond donors (Lipinski definition) is 2. The number of carbonyl (C=O) groups is 3. The number of esters is 1. The monoisotopic (exact) mass is 376 g/mol. The van der Waals surface area contributed by atoms with Crippen molar-refractivity contribution in [2.45, 2.75) is 6.92 Å². The minimum absolute atomic E-state index is 0.180. The fourth-order valence-corrected chi connectivity index (χ4v) is 2.36. The van der Waals surface area contributed by atoms with Gasteiger partial charge in [0.1, 0.15) is 11.4 Å². The van der Waals surface area contributed by atoms with Gasteiger partial charge >= 0.3 is 5.97 Å². The van der Waals surface area contributed by atoms with Crippen molar-refractivity contribution in [3.8, 4) is 5.75 Å². The molecule has 140 valence electrons. The number of hydrogen-bond acceptors (Lipinski definition) is 6. The van der Waals surface area contributed by atoms with Crippen molar-refractivity contribution in [1.29, 1.82) is 0 Å². The van der Waals surface area contributed by atoms with Gasteiger partial charge in [-0.25, -0.2) is 4.98 Å². The third kappa shape index (κ3) is 4.98. The average Bonchev–Trinajstić information content (AvgIpc) is 2.68. The molecule has 0 aliphatic rings. The van der Waals surface area contributed by atoms with E-state index >= 15 is 0 Å². The summed E-state index contributed by atoms with van der Waals surface area (Å²) in [6.45, 7) is 1.29. The van der Waals surface area contributed by atoms with E-state index in [2.05, 4.69) is 20.6 Å². The lowest BCUT2D eigenvalue weighted by atomic mass is 10.2. The maximum atomic E-state index is 12.4. The van der Waals surface area contributed by atoms with E-state index in [0.717, 1.165) is 0 Å². The van der Waals surface area contributed by atoms with Gasteiger partial charge in [-0.15, -0.1) is 0 Å². The maximum absolute atomic E-state index is 12.4. The zero-order valence-electron chi connectivity index (χ0n) is 14.9. The van der Waals surface area contributed by atoms with E-state index in [4.69, 9.17) is 4.74 Å². The third-order valence-corrected chi connectivity index (χ3v) is 3.53. The first-order valence-corrected chi connectivity index (χ1v) is 8.28. The SMILES string of the molecule is CC(=O)Oc1cccc(C(=O)Nc2cccc(NC(=O)c3cnccn3)c2)c1. The van der Waals surface area contributed by atoms with Crippen molar-refractivity contribution in [3.63, 3.8) is 0 Å². The lowest BCUT2D eigenvalue weighted by Gasteiger charge is -2.09. The molecule has 3 rings (SSSR count). The molecule has 8 heteroatoms. The third-order valence-electron chi connectivity index (χ3n) is 3.53. The van der Waals surface area contributed by atoms with Gasteiger partial charge in [-0.3, -0.25) is 19.4 Å². The zero-order chi connectivity index (χ0) is 19.9. The van der Waals surface area contributed by atoms with E-state index in [1.807, 2.05) is 0 Å². The highest BCUT2D eigenvalue weighted by molar-refractivity contribution is 6.06. The van der Waals surface area contributed by atoms with Crippen LogP contribution in [-0.2, 0) is 4.79 Å². The van der Waals surface area contributed by atoms with Crippen LogP contribution in [0, 0.1) is 0 Å². The summed E-state index contributed by atoms with van der Waals surface area (Å²) < 4.78 is 4.98. The molecule has 0 saturated heterocycles. The molecule has 0 bridgehead atoms. The number of amides is 2. The summed E-state index contributed by atoms with van der Waals surface area (Å²) in [7, 11) is 0. The van der Waals surface area contributed by atoms with Gasteiger partial charge in [0, 0.05) is 36.3 Å². The Hall–Kier alpha value is -4.07. The number of rotatable bonds is 5. The Morgan fingerprint density at radius 1 is 0.893 bits per heavy atom. The van der Waals surface area contributed by atoms with E-state index in [1.165, 1.54) is 31.6 Å². The van der Waals surface area contributed by atoms with Gasteiger partial charge in [0.2, 0.25) is 0 Å². The van der Waals surface area contributed by atoms with E-state index in [0.29, 0.717) is 16.9 Å². The molecule has 1 heterocycles. The van der Waals surface area contributed by atoms with Crippen LogP contribution in [0.5, 0.6) is 5.75 Å². The van der Waals surface area contributed by atoms with Crippen LogP contribution in [0.15, 0.2) is 67.1 Å². The number of benzene rings is 2. The Morgan fingerprint density at radius 2 is 1.61 bits per heavy atom. The predicted octanol–water partition coefficient (Wildman–Crippen LogP) is 2.91. The van der Waals surface area contributed by atoms with Crippen LogP contribution in [-0.4, -0.2) is 27.8 Å². The largest absolute Gasteiger partial charge is 0.427 e. The van der Waals surface area contributed by atoms with Crippen LogP contribution in [0.1, 0.15) is 27.8 Å². The Labute approximate surface area is 160 Å². The summed E-state index contributed by atoms with van der Waals surface area (Å²) >= 11 is 0. The standard InChI is InChI=1S/C20H16N4O4/c1-13(25)28-17-7-2-4-14(10-17)19(26)23-15-5-3-6-16(11-15)24-20(27)18-12-21-8-9-22-18/h2-12H,1H3,(H,23,26)(H,24,27). The minimum atomic E-state index is -0.468. The first-order chi connectivity index (χ1) is 13.5. The fourth-order valence-electron chi connectivity index (χ4n) is 2.36. The molecule has 0 fully saturated rings. The van der Waals surface area contributed by atoms with Gasteiger partial charge in [0.05, 0.1) is 6.20 Å². The highest BCUT2D eigenvalue weighted by Crippen LogP contribution is 2.18. The number of ether oxygens (including phenoxy) is 1. The van der Waals surface area contributed by atoms with Crippen molar-refractivity contribution in [2.75, 3.05) is 10.6 Å². The van der Waals surface area contributed by atoms with Gasteiger partial charge in [0.25, 0.3) is 11.8 Å². The summed E-state index contributed by atoms with van der Waals surface area (Å²) in [6.07, 6.45) is 4.26. The number of nitrogens with zero attached hydrogens (tertiary/aromatic N) is 2. The van der Waals surface area contributed by atoms with Crippen molar-refractivity contribution in [1.82, 2.24) is 9.97 Å². The minimum Gasteiger partial charge on any atom is -0.427 e. The Bertz CT molecular complexity index is 1020. The first-order valence-electron chi connectivity index (χ1n) is 8.28. The zero-order valence-corrected chi connectivity index (χ0v) is 14.9. The molecule has 0 radical (unpaired) electrons. The summed E-state index contributed by atoms with van der Waals surface area (Å²) in [5.41, 5.74) is 1.48. The topological polar surface area (TPSA) is 110 Å². The molecule has 0 spiro atoms. The number of nitrogens with one attached hydrogen (secondary N) is 2. The number of aromatic nitrogens is 2. The number of anilines is 2. The second-order valence-corrected chi connectivity index (χ2v) is 5.70. The van der Waals surface area contributed by atoms with E-state index in [-0.39, 0.29) is 17.4 Å². The Kier molecular flexibility index (Phi) is 5.71. The summed E-state index contributed by atoms with van der Waals surface area (Å²) in [5.74, 6) is -0.980. The normalized spacial score (nSPS) is 10.0. The van der Waals surface area contributed by atoms with Crippen LogP contribution in [0.4, 0.5) is 11.4 Å². The van der Waals surface area contributed by atoms with E-state index in [1.54, 1.807) is 42.5 Å². The molecule has 0 aliphatic carbocycles. The Balaban J connectivity index is 1.70. The van der Waals surface area contributed by atoms with Crippen LogP contribution in [0.3, 0.4) is 0 Å². The average molecular weight is 376 g/mol. The van der Waals surface area contributed by atoms with E-state index < -0.39 is 11.9 Å². The van der Waals surface area contributed by atoms with Gasteiger partial charge in [0.15, 0.2) is 0 Å². The molecule has 0 unspecified atom stereocenters. The predicted molar refractivity (Wildman–Crippen MR) is 102 cm³/mol. The fraction of sp³-hybridized carbons (Fsp3) is 0.0500. The van der Waals surface area contributed by atoms with Crippen LogP contribution >= 0.6 is 0 Å². The summed E-state index contributed by atoms with van der Waals surface area (Å²) in [5, 5.41) is 5.43. The molecule has 0 aliphatic heterocycles. The molecule has 28 heavy (non-hydrogen) atoms. The van der Waals surface area contributed by atoms with Crippen molar-refractivity contribution in [2.24, 2.45) is 0 Å². The number of carbonyl (C=O) groups excluding carboxylic acids is 3. The highest BCUT2D eigenvalue weighted by Gasteiger charge is 2.10. The molecule has 2 N–H and O–H groups in total. The van der Waals surface area contributed by atoms with Crippen molar-refractivity contribution < 1.29 is 19.1 Å². The molecule has 2 amide bonds. The molecule has 0 saturated carbocycles. The van der Waals surface area contributed by atoms with E-state index in [9.17, 15) is 14.4 Å². The molecule has 1 aromatic heterocycles. The van der Waals surface area contributed by atoms with Crippen LogP contribution in [0.25, 0.3) is 0 Å².